The van der Waals surface area contributed by atoms with Gasteiger partial charge in [0.05, 0.1) is 6.10 Å². The third-order valence-corrected chi connectivity index (χ3v) is 2.96. The molecule has 1 aliphatic heterocycles. The first-order chi connectivity index (χ1) is 8.13. The van der Waals surface area contributed by atoms with Gasteiger partial charge in [-0.2, -0.15) is 0 Å². The second-order valence-corrected chi connectivity index (χ2v) is 4.28. The molecule has 2 aromatic rings. The number of fused-ring (bicyclic) bond motifs is 1. The van der Waals surface area contributed by atoms with Gasteiger partial charge in [0, 0.05) is 24.0 Å². The molecule has 5 heteroatoms. The van der Waals surface area contributed by atoms with Crippen molar-refractivity contribution >= 4 is 16.8 Å². The van der Waals surface area contributed by atoms with Crippen LogP contribution in [-0.4, -0.2) is 40.1 Å². The van der Waals surface area contributed by atoms with Gasteiger partial charge >= 0.3 is 0 Å². The Balaban J connectivity index is 1.93. The van der Waals surface area contributed by atoms with Gasteiger partial charge in [-0.3, -0.25) is 4.79 Å². The molecule has 1 fully saturated rings. The highest BCUT2D eigenvalue weighted by molar-refractivity contribution is 5.98. The summed E-state index contributed by atoms with van der Waals surface area (Å²) in [6.45, 7) is 0.727. The molecule has 2 heterocycles. The van der Waals surface area contributed by atoms with E-state index in [1.54, 1.807) is 17.0 Å². The van der Waals surface area contributed by atoms with Crippen LogP contribution in [0.4, 0.5) is 4.39 Å². The van der Waals surface area contributed by atoms with Crippen LogP contribution in [0.3, 0.4) is 0 Å². The Morgan fingerprint density at radius 1 is 1.41 bits per heavy atom. The molecule has 0 unspecified atom stereocenters. The average Bonchev–Trinajstić information content (AvgIpc) is 2.66. The number of carbonyl (C=O) groups excluding carboxylic acids is 1. The maximum atomic E-state index is 13.0. The third kappa shape index (κ3) is 1.68. The number of aliphatic hydroxyl groups excluding tert-OH is 1. The van der Waals surface area contributed by atoms with E-state index in [1.165, 1.54) is 12.1 Å². The number of H-pyrrole nitrogens is 1. The quantitative estimate of drug-likeness (QED) is 0.777. The molecule has 1 aromatic carbocycles. The van der Waals surface area contributed by atoms with E-state index >= 15 is 0 Å². The molecule has 17 heavy (non-hydrogen) atoms. The number of halogens is 1. The number of aromatic nitrogens is 1. The van der Waals surface area contributed by atoms with Crippen molar-refractivity contribution in [1.29, 1.82) is 0 Å². The van der Waals surface area contributed by atoms with Crippen molar-refractivity contribution in [3.8, 4) is 0 Å². The molecule has 3 rings (SSSR count). The van der Waals surface area contributed by atoms with Crippen molar-refractivity contribution < 1.29 is 14.3 Å². The Bertz CT molecular complexity index is 587. The summed E-state index contributed by atoms with van der Waals surface area (Å²) in [5.74, 6) is -0.484. The van der Waals surface area contributed by atoms with E-state index in [2.05, 4.69) is 4.98 Å². The van der Waals surface area contributed by atoms with E-state index < -0.39 is 6.10 Å². The minimum Gasteiger partial charge on any atom is -0.389 e. The van der Waals surface area contributed by atoms with Crippen molar-refractivity contribution in [3.63, 3.8) is 0 Å². The number of likely N-dealkylation sites (tertiary alicyclic amines) is 1. The lowest BCUT2D eigenvalue weighted by Crippen LogP contribution is -2.53. The number of hydrogen-bond donors (Lipinski definition) is 2. The van der Waals surface area contributed by atoms with Crippen molar-refractivity contribution in [2.75, 3.05) is 13.1 Å². The molecule has 0 atom stereocenters. The summed E-state index contributed by atoms with van der Waals surface area (Å²) in [4.78, 5) is 16.4. The maximum Gasteiger partial charge on any atom is 0.270 e. The van der Waals surface area contributed by atoms with Gasteiger partial charge in [-0.25, -0.2) is 4.39 Å². The summed E-state index contributed by atoms with van der Waals surface area (Å²) in [6.07, 6.45) is -0.416. The zero-order valence-corrected chi connectivity index (χ0v) is 8.98. The molecule has 1 aromatic heterocycles. The summed E-state index contributed by atoms with van der Waals surface area (Å²) < 4.78 is 13.0. The van der Waals surface area contributed by atoms with Gasteiger partial charge < -0.3 is 15.0 Å². The van der Waals surface area contributed by atoms with Crippen LogP contribution in [0.5, 0.6) is 0 Å². The van der Waals surface area contributed by atoms with Crippen molar-refractivity contribution in [2.24, 2.45) is 0 Å². The molecule has 0 saturated carbocycles. The number of aromatic amines is 1. The second kappa shape index (κ2) is 3.56. The van der Waals surface area contributed by atoms with Crippen LogP contribution < -0.4 is 0 Å². The van der Waals surface area contributed by atoms with Crippen LogP contribution in [0.25, 0.3) is 10.9 Å². The number of carbonyl (C=O) groups is 1. The SMILES string of the molecule is O=C(c1cc2cc(F)ccc2[nH]1)N1CC(O)C1. The van der Waals surface area contributed by atoms with Gasteiger partial charge in [0.15, 0.2) is 0 Å². The Labute approximate surface area is 96.7 Å². The van der Waals surface area contributed by atoms with E-state index in [-0.39, 0.29) is 11.7 Å². The molecule has 1 amide bonds. The van der Waals surface area contributed by atoms with Gasteiger partial charge in [-0.15, -0.1) is 0 Å². The lowest BCUT2D eigenvalue weighted by Gasteiger charge is -2.35. The summed E-state index contributed by atoms with van der Waals surface area (Å²) >= 11 is 0. The van der Waals surface area contributed by atoms with Gasteiger partial charge in [0.2, 0.25) is 0 Å². The first kappa shape index (κ1) is 10.3. The zero-order valence-electron chi connectivity index (χ0n) is 8.98. The van der Waals surface area contributed by atoms with Gasteiger partial charge in [-0.05, 0) is 24.3 Å². The van der Waals surface area contributed by atoms with E-state index in [9.17, 15) is 9.18 Å². The number of β-amino-alcohol motifs (C(OH)–C–C–N with tert-alkyl or cyclic N) is 1. The van der Waals surface area contributed by atoms with E-state index in [0.29, 0.717) is 24.2 Å². The molecule has 0 aliphatic carbocycles. The van der Waals surface area contributed by atoms with Crippen LogP contribution >= 0.6 is 0 Å². The van der Waals surface area contributed by atoms with Gasteiger partial charge in [0.1, 0.15) is 11.5 Å². The number of amides is 1. The number of aliphatic hydroxyl groups is 1. The van der Waals surface area contributed by atoms with Crippen LogP contribution in [0, 0.1) is 5.82 Å². The first-order valence-corrected chi connectivity index (χ1v) is 5.39. The van der Waals surface area contributed by atoms with Gasteiger partial charge in [0.25, 0.3) is 5.91 Å². The topological polar surface area (TPSA) is 56.3 Å². The smallest absolute Gasteiger partial charge is 0.270 e. The largest absolute Gasteiger partial charge is 0.389 e. The summed E-state index contributed by atoms with van der Waals surface area (Å²) in [7, 11) is 0. The lowest BCUT2D eigenvalue weighted by atomic mass is 10.1. The van der Waals surface area contributed by atoms with E-state index in [0.717, 1.165) is 5.52 Å². The molecule has 1 aliphatic rings. The molecule has 4 nitrogen and oxygen atoms in total. The molecular formula is C12H11FN2O2. The van der Waals surface area contributed by atoms with E-state index in [4.69, 9.17) is 5.11 Å². The number of nitrogens with one attached hydrogen (secondary N) is 1. The molecular weight excluding hydrogens is 223 g/mol. The Morgan fingerprint density at radius 2 is 2.18 bits per heavy atom. The first-order valence-electron chi connectivity index (χ1n) is 5.39. The van der Waals surface area contributed by atoms with Crippen LogP contribution in [-0.2, 0) is 0 Å². The van der Waals surface area contributed by atoms with Crippen molar-refractivity contribution in [2.45, 2.75) is 6.10 Å². The highest BCUT2D eigenvalue weighted by Crippen LogP contribution is 2.19. The summed E-state index contributed by atoms with van der Waals surface area (Å²) in [5.41, 5.74) is 1.16. The Hall–Kier alpha value is -1.88. The molecule has 0 spiro atoms. The summed E-state index contributed by atoms with van der Waals surface area (Å²) in [5, 5.41) is 9.81. The minimum atomic E-state index is -0.416. The highest BCUT2D eigenvalue weighted by Gasteiger charge is 2.30. The minimum absolute atomic E-state index is 0.160. The average molecular weight is 234 g/mol. The predicted molar refractivity (Wildman–Crippen MR) is 60.2 cm³/mol. The molecule has 0 bridgehead atoms. The number of hydrogen-bond acceptors (Lipinski definition) is 2. The number of benzene rings is 1. The zero-order chi connectivity index (χ0) is 12.0. The van der Waals surface area contributed by atoms with E-state index in [1.807, 2.05) is 0 Å². The monoisotopic (exact) mass is 234 g/mol. The molecule has 2 N–H and O–H groups in total. The standard InChI is InChI=1S/C12H11FN2O2/c13-8-1-2-10-7(3-8)4-11(14-10)12(17)15-5-9(16)6-15/h1-4,9,14,16H,5-6H2. The maximum absolute atomic E-state index is 13.0. The highest BCUT2D eigenvalue weighted by atomic mass is 19.1. The normalized spacial score (nSPS) is 16.2. The number of rotatable bonds is 1. The van der Waals surface area contributed by atoms with Gasteiger partial charge in [-0.1, -0.05) is 0 Å². The predicted octanol–water partition coefficient (Wildman–Crippen LogP) is 1.12. The fourth-order valence-corrected chi connectivity index (χ4v) is 2.01. The fourth-order valence-electron chi connectivity index (χ4n) is 2.01. The molecule has 1 saturated heterocycles. The Morgan fingerprint density at radius 3 is 2.88 bits per heavy atom. The van der Waals surface area contributed by atoms with Crippen molar-refractivity contribution in [1.82, 2.24) is 9.88 Å². The van der Waals surface area contributed by atoms with Crippen LogP contribution in [0.15, 0.2) is 24.3 Å². The Kier molecular flexibility index (Phi) is 2.16. The van der Waals surface area contributed by atoms with Crippen LogP contribution in [0.1, 0.15) is 10.5 Å². The second-order valence-electron chi connectivity index (χ2n) is 4.28. The third-order valence-electron chi connectivity index (χ3n) is 2.96. The lowest BCUT2D eigenvalue weighted by molar-refractivity contribution is 0.00557. The summed E-state index contributed by atoms with van der Waals surface area (Å²) in [6, 6.07) is 5.96. The number of nitrogens with zero attached hydrogens (tertiary/aromatic N) is 1. The van der Waals surface area contributed by atoms with Crippen molar-refractivity contribution in [3.05, 3.63) is 35.8 Å². The van der Waals surface area contributed by atoms with Crippen LogP contribution in [0.2, 0.25) is 0 Å². The fraction of sp³-hybridized carbons (Fsp3) is 0.250. The molecule has 0 radical (unpaired) electrons. The molecule has 88 valence electrons.